The van der Waals surface area contributed by atoms with E-state index in [1.807, 2.05) is 48.1 Å². The van der Waals surface area contributed by atoms with Gasteiger partial charge in [-0.05, 0) is 25.1 Å². The van der Waals surface area contributed by atoms with Crippen LogP contribution in [0.3, 0.4) is 0 Å². The third kappa shape index (κ3) is 2.28. The fourth-order valence-electron chi connectivity index (χ4n) is 2.13. The van der Waals surface area contributed by atoms with E-state index >= 15 is 0 Å². The summed E-state index contributed by atoms with van der Waals surface area (Å²) in [5.74, 6) is 6.25. The van der Waals surface area contributed by atoms with Gasteiger partial charge in [-0.2, -0.15) is 5.10 Å². The largest absolute Gasteiger partial charge is 0.308 e. The molecule has 0 bridgehead atoms. The Morgan fingerprint density at radius 2 is 2.11 bits per heavy atom. The van der Waals surface area contributed by atoms with E-state index in [2.05, 4.69) is 21.6 Å². The molecule has 3 aromatic rings. The van der Waals surface area contributed by atoms with Crippen molar-refractivity contribution >= 4 is 16.7 Å². The van der Waals surface area contributed by atoms with Gasteiger partial charge in [-0.25, -0.2) is 10.8 Å². The second kappa shape index (κ2) is 4.70. The van der Waals surface area contributed by atoms with Crippen molar-refractivity contribution in [2.24, 2.45) is 5.84 Å². The van der Waals surface area contributed by atoms with Crippen molar-refractivity contribution in [2.75, 3.05) is 5.43 Å². The van der Waals surface area contributed by atoms with Crippen LogP contribution in [0.5, 0.6) is 0 Å². The van der Waals surface area contributed by atoms with Gasteiger partial charge in [0.25, 0.3) is 0 Å². The van der Waals surface area contributed by atoms with Gasteiger partial charge in [0.1, 0.15) is 5.82 Å². The summed E-state index contributed by atoms with van der Waals surface area (Å²) in [6, 6.07) is 12.0. The summed E-state index contributed by atoms with van der Waals surface area (Å²) in [5, 5.41) is 5.48. The Morgan fingerprint density at radius 3 is 2.84 bits per heavy atom. The van der Waals surface area contributed by atoms with Gasteiger partial charge in [-0.3, -0.25) is 4.68 Å². The van der Waals surface area contributed by atoms with E-state index in [4.69, 9.17) is 5.84 Å². The molecule has 96 valence electrons. The quantitative estimate of drug-likeness (QED) is 0.554. The molecule has 0 atom stereocenters. The Labute approximate surface area is 111 Å². The number of benzene rings is 1. The first-order valence-electron chi connectivity index (χ1n) is 6.11. The van der Waals surface area contributed by atoms with Gasteiger partial charge in [0.2, 0.25) is 0 Å². The van der Waals surface area contributed by atoms with Crippen LogP contribution in [0.25, 0.3) is 10.9 Å². The molecular formula is C14H15N5. The van der Waals surface area contributed by atoms with Crippen molar-refractivity contribution in [3.05, 3.63) is 53.9 Å². The van der Waals surface area contributed by atoms with Gasteiger partial charge in [0, 0.05) is 17.1 Å². The van der Waals surface area contributed by atoms with Crippen molar-refractivity contribution in [2.45, 2.75) is 13.5 Å². The van der Waals surface area contributed by atoms with Crippen molar-refractivity contribution in [3.8, 4) is 0 Å². The second-order valence-corrected chi connectivity index (χ2v) is 4.49. The van der Waals surface area contributed by atoms with Crippen LogP contribution in [-0.2, 0) is 6.54 Å². The van der Waals surface area contributed by atoms with Crippen LogP contribution in [0.2, 0.25) is 0 Å². The second-order valence-electron chi connectivity index (χ2n) is 4.49. The highest BCUT2D eigenvalue weighted by atomic mass is 15.3. The number of aromatic nitrogens is 3. The molecule has 2 aromatic heterocycles. The molecule has 0 unspecified atom stereocenters. The number of nitrogen functional groups attached to an aromatic ring is 1. The van der Waals surface area contributed by atoms with Crippen LogP contribution in [0.4, 0.5) is 5.82 Å². The van der Waals surface area contributed by atoms with Crippen molar-refractivity contribution < 1.29 is 0 Å². The summed E-state index contributed by atoms with van der Waals surface area (Å²) in [6.07, 6.45) is 1.95. The number of aryl methyl sites for hydroxylation is 1. The number of pyridine rings is 1. The number of nitrogens with one attached hydrogen (secondary N) is 1. The van der Waals surface area contributed by atoms with E-state index in [1.165, 1.54) is 0 Å². The van der Waals surface area contributed by atoms with Gasteiger partial charge in [-0.1, -0.05) is 18.2 Å². The SMILES string of the molecule is Cc1ccn(Cc2cc3ccccc3nc2NN)n1. The number of hydrogen-bond donors (Lipinski definition) is 2. The summed E-state index contributed by atoms with van der Waals surface area (Å²) in [7, 11) is 0. The Morgan fingerprint density at radius 1 is 1.26 bits per heavy atom. The molecule has 5 nitrogen and oxygen atoms in total. The normalized spacial score (nSPS) is 10.8. The first-order valence-corrected chi connectivity index (χ1v) is 6.11. The third-order valence-corrected chi connectivity index (χ3v) is 3.05. The molecule has 3 rings (SSSR count). The predicted molar refractivity (Wildman–Crippen MR) is 75.6 cm³/mol. The van der Waals surface area contributed by atoms with Crippen molar-refractivity contribution in [1.82, 2.24) is 14.8 Å². The van der Waals surface area contributed by atoms with E-state index in [0.29, 0.717) is 12.4 Å². The lowest BCUT2D eigenvalue weighted by Crippen LogP contribution is -2.13. The molecule has 2 heterocycles. The average Bonchev–Trinajstić information content (AvgIpc) is 2.83. The number of rotatable bonds is 3. The highest BCUT2D eigenvalue weighted by Crippen LogP contribution is 2.20. The van der Waals surface area contributed by atoms with Crippen LogP contribution in [0.15, 0.2) is 42.6 Å². The van der Waals surface area contributed by atoms with Crippen LogP contribution < -0.4 is 11.3 Å². The monoisotopic (exact) mass is 253 g/mol. The number of hydrogen-bond acceptors (Lipinski definition) is 4. The van der Waals surface area contributed by atoms with Crippen LogP contribution in [0.1, 0.15) is 11.3 Å². The Balaban J connectivity index is 2.05. The molecule has 5 heteroatoms. The van der Waals surface area contributed by atoms with E-state index in [0.717, 1.165) is 22.2 Å². The molecule has 0 aliphatic heterocycles. The molecule has 0 saturated heterocycles. The zero-order valence-corrected chi connectivity index (χ0v) is 10.7. The Kier molecular flexibility index (Phi) is 2.89. The maximum atomic E-state index is 5.56. The standard InChI is InChI=1S/C14H15N5/c1-10-6-7-19(18-10)9-12-8-11-4-2-3-5-13(11)16-14(12)17-15/h2-8H,9,15H2,1H3,(H,16,17). The molecule has 0 aliphatic carbocycles. The molecule has 19 heavy (non-hydrogen) atoms. The maximum Gasteiger partial charge on any atom is 0.145 e. The predicted octanol–water partition coefficient (Wildman–Crippen LogP) is 2.07. The Bertz CT molecular complexity index is 717. The van der Waals surface area contributed by atoms with Crippen LogP contribution in [-0.4, -0.2) is 14.8 Å². The van der Waals surface area contributed by atoms with E-state index < -0.39 is 0 Å². The Hall–Kier alpha value is -2.40. The number of fused-ring (bicyclic) bond motifs is 1. The number of hydrazine groups is 1. The molecule has 0 radical (unpaired) electrons. The van der Waals surface area contributed by atoms with Gasteiger partial charge in [0.15, 0.2) is 0 Å². The lowest BCUT2D eigenvalue weighted by molar-refractivity contribution is 0.679. The molecule has 0 fully saturated rings. The number of nitrogens with two attached hydrogens (primary N) is 1. The summed E-state index contributed by atoms with van der Waals surface area (Å²) in [6.45, 7) is 2.61. The fourth-order valence-corrected chi connectivity index (χ4v) is 2.13. The van der Waals surface area contributed by atoms with Crippen molar-refractivity contribution in [3.63, 3.8) is 0 Å². The van der Waals surface area contributed by atoms with E-state index in [9.17, 15) is 0 Å². The van der Waals surface area contributed by atoms with Gasteiger partial charge in [-0.15, -0.1) is 0 Å². The maximum absolute atomic E-state index is 5.56. The molecule has 0 saturated carbocycles. The minimum absolute atomic E-state index is 0.644. The molecule has 0 spiro atoms. The summed E-state index contributed by atoms with van der Waals surface area (Å²) >= 11 is 0. The fraction of sp³-hybridized carbons (Fsp3) is 0.143. The zero-order valence-electron chi connectivity index (χ0n) is 10.7. The van der Waals surface area contributed by atoms with Crippen LogP contribution >= 0.6 is 0 Å². The summed E-state index contributed by atoms with van der Waals surface area (Å²) in [4.78, 5) is 4.52. The number of nitrogens with zero attached hydrogens (tertiary/aromatic N) is 3. The highest BCUT2D eigenvalue weighted by molar-refractivity contribution is 5.81. The van der Waals surface area contributed by atoms with Crippen molar-refractivity contribution in [1.29, 1.82) is 0 Å². The minimum Gasteiger partial charge on any atom is -0.308 e. The third-order valence-electron chi connectivity index (χ3n) is 3.05. The van der Waals surface area contributed by atoms with Crippen LogP contribution in [0, 0.1) is 6.92 Å². The molecule has 3 N–H and O–H groups in total. The minimum atomic E-state index is 0.644. The summed E-state index contributed by atoms with van der Waals surface area (Å²) in [5.41, 5.74) is 5.60. The topological polar surface area (TPSA) is 68.8 Å². The van der Waals surface area contributed by atoms with E-state index in [-0.39, 0.29) is 0 Å². The molecule has 0 aliphatic rings. The van der Waals surface area contributed by atoms with Gasteiger partial charge in [0.05, 0.1) is 17.8 Å². The molecule has 1 aromatic carbocycles. The van der Waals surface area contributed by atoms with Gasteiger partial charge >= 0.3 is 0 Å². The zero-order chi connectivity index (χ0) is 13.2. The molecule has 0 amide bonds. The first-order chi connectivity index (χ1) is 9.26. The van der Waals surface area contributed by atoms with Gasteiger partial charge < -0.3 is 5.43 Å². The number of para-hydroxylation sites is 1. The lowest BCUT2D eigenvalue weighted by atomic mass is 10.1. The molecular weight excluding hydrogens is 238 g/mol. The average molecular weight is 253 g/mol. The first kappa shape index (κ1) is 11.7. The lowest BCUT2D eigenvalue weighted by Gasteiger charge is -2.10. The summed E-state index contributed by atoms with van der Waals surface area (Å²) < 4.78 is 1.88. The number of anilines is 1. The van der Waals surface area contributed by atoms with E-state index in [1.54, 1.807) is 0 Å². The smallest absolute Gasteiger partial charge is 0.145 e. The highest BCUT2D eigenvalue weighted by Gasteiger charge is 2.07.